The van der Waals surface area contributed by atoms with E-state index in [1.165, 1.54) is 11.8 Å². The lowest BCUT2D eigenvalue weighted by Crippen LogP contribution is -2.39. The molecule has 1 fully saturated rings. The highest BCUT2D eigenvalue weighted by atomic mass is 35.5. The fourth-order valence-electron chi connectivity index (χ4n) is 3.76. The lowest BCUT2D eigenvalue weighted by molar-refractivity contribution is -0.192. The molecule has 0 saturated heterocycles. The first-order valence-corrected chi connectivity index (χ1v) is 11.6. The Bertz CT molecular complexity index is 1200. The Morgan fingerprint density at radius 1 is 1.34 bits per heavy atom. The number of nitrogens with one attached hydrogen (secondary N) is 1. The Labute approximate surface area is 218 Å². The summed E-state index contributed by atoms with van der Waals surface area (Å²) in [5, 5.41) is 31.1. The number of terminal acetylenes is 1. The summed E-state index contributed by atoms with van der Waals surface area (Å²) in [6.07, 6.45) is 1.64. The van der Waals surface area contributed by atoms with Crippen LogP contribution in [0.5, 0.6) is 5.75 Å². The number of carboxylic acids is 1. The van der Waals surface area contributed by atoms with Crippen LogP contribution in [-0.2, 0) is 4.79 Å². The topological polar surface area (TPSA) is 127 Å². The molecule has 0 bridgehead atoms. The van der Waals surface area contributed by atoms with Crippen LogP contribution >= 0.6 is 11.6 Å². The second-order valence-corrected chi connectivity index (χ2v) is 9.03. The van der Waals surface area contributed by atoms with Crippen LogP contribution in [0, 0.1) is 12.3 Å². The number of nitrogens with zero attached hydrogens (tertiary/aromatic N) is 6. The van der Waals surface area contributed by atoms with Crippen molar-refractivity contribution < 1.29 is 36.6 Å². The molecule has 1 saturated carbocycles. The third kappa shape index (κ3) is 7.35. The average Bonchev–Trinajstić information content (AvgIpc) is 3.43. The van der Waals surface area contributed by atoms with Gasteiger partial charge in [-0.3, -0.25) is 0 Å². The van der Waals surface area contributed by atoms with Gasteiger partial charge < -0.3 is 15.2 Å². The first kappa shape index (κ1) is 29.2. The molecule has 1 aromatic heterocycles. The molecule has 16 heteroatoms. The number of tetrazole rings is 1. The van der Waals surface area contributed by atoms with Crippen molar-refractivity contribution in [1.29, 1.82) is 0 Å². The molecule has 10 nitrogen and oxygen atoms in total. The normalized spacial score (nSPS) is 17.9. The standard InChI is InChI=1S/C20H22ClF2N7O.C2HF3O2/c1-3-4-7-20(26-27-20)8-9-24-17(13-5-6-16(31-2)15(21)10-13)18-25-28-29-30(18)14-11-19(22,23)12-14;3-2(4,5)1(6)7/h1,5-6,10,14,17,24H,4,7-9,11-12H2,2H3;(H,6,7). The van der Waals surface area contributed by atoms with Crippen LogP contribution in [0.4, 0.5) is 22.0 Å². The maximum atomic E-state index is 13.5. The molecule has 2 aliphatic rings. The smallest absolute Gasteiger partial charge is 0.490 e. The number of hydrogen-bond donors (Lipinski definition) is 2. The Balaban J connectivity index is 0.000000505. The number of methoxy groups -OCH3 is 1. The van der Waals surface area contributed by atoms with Crippen molar-refractivity contribution in [3.05, 3.63) is 34.6 Å². The summed E-state index contributed by atoms with van der Waals surface area (Å²) < 4.78 is 65.3. The molecule has 1 unspecified atom stereocenters. The third-order valence-corrected chi connectivity index (χ3v) is 6.16. The maximum Gasteiger partial charge on any atom is 0.490 e. The third-order valence-electron chi connectivity index (χ3n) is 5.87. The number of alkyl halides is 5. The van der Waals surface area contributed by atoms with Gasteiger partial charge in [0.2, 0.25) is 0 Å². The molecule has 38 heavy (non-hydrogen) atoms. The van der Waals surface area contributed by atoms with Crippen LogP contribution in [0.1, 0.15) is 55.6 Å². The van der Waals surface area contributed by atoms with Crippen LogP contribution in [-0.4, -0.2) is 62.7 Å². The Morgan fingerprint density at radius 3 is 2.50 bits per heavy atom. The van der Waals surface area contributed by atoms with Crippen molar-refractivity contribution in [2.24, 2.45) is 10.2 Å². The van der Waals surface area contributed by atoms with Gasteiger partial charge in [-0.2, -0.15) is 23.4 Å². The number of hydrogen-bond acceptors (Lipinski definition) is 8. The fourth-order valence-corrected chi connectivity index (χ4v) is 4.02. The van der Waals surface area contributed by atoms with E-state index in [0.29, 0.717) is 42.4 Å². The van der Waals surface area contributed by atoms with E-state index in [1.54, 1.807) is 12.1 Å². The number of benzene rings is 1. The molecule has 2 aromatic rings. The molecule has 0 amide bonds. The first-order chi connectivity index (χ1) is 17.8. The highest BCUT2D eigenvalue weighted by Gasteiger charge is 2.48. The van der Waals surface area contributed by atoms with Gasteiger partial charge in [0, 0.05) is 38.6 Å². The van der Waals surface area contributed by atoms with Gasteiger partial charge in [0.1, 0.15) is 5.75 Å². The zero-order chi connectivity index (χ0) is 28.1. The van der Waals surface area contributed by atoms with Gasteiger partial charge in [-0.15, -0.1) is 17.4 Å². The molecular formula is C22H23ClF5N7O3. The lowest BCUT2D eigenvalue weighted by Gasteiger charge is -2.35. The van der Waals surface area contributed by atoms with Gasteiger partial charge in [-0.1, -0.05) is 17.7 Å². The number of aromatic nitrogens is 4. The number of halogens is 6. The highest BCUT2D eigenvalue weighted by Crippen LogP contribution is 2.46. The minimum atomic E-state index is -5.08. The molecule has 1 aromatic carbocycles. The molecule has 4 rings (SSSR count). The number of rotatable bonds is 10. The van der Waals surface area contributed by atoms with E-state index in [9.17, 15) is 22.0 Å². The maximum absolute atomic E-state index is 13.5. The van der Waals surface area contributed by atoms with E-state index in [0.717, 1.165) is 5.56 Å². The van der Waals surface area contributed by atoms with Crippen LogP contribution in [0.25, 0.3) is 0 Å². The minimum absolute atomic E-state index is 0.284. The van der Waals surface area contributed by atoms with Crippen molar-refractivity contribution in [3.63, 3.8) is 0 Å². The number of carboxylic acid groups (broad SMARTS) is 1. The van der Waals surface area contributed by atoms with Crippen molar-refractivity contribution >= 4 is 17.6 Å². The second kappa shape index (κ2) is 11.6. The Kier molecular flexibility index (Phi) is 8.88. The highest BCUT2D eigenvalue weighted by molar-refractivity contribution is 6.32. The average molecular weight is 564 g/mol. The summed E-state index contributed by atoms with van der Waals surface area (Å²) in [5.41, 5.74) is 0.346. The summed E-state index contributed by atoms with van der Waals surface area (Å²) in [6.45, 7) is 0.541. The van der Waals surface area contributed by atoms with Crippen molar-refractivity contribution in [3.8, 4) is 18.1 Å². The number of ether oxygens (including phenoxy) is 1. The first-order valence-electron chi connectivity index (χ1n) is 11.2. The molecule has 0 spiro atoms. The SMILES string of the molecule is C#CCCC1(CCNC(c2ccc(OC)c(Cl)c2)c2nnnn2C2CC(F)(F)C2)N=N1.O=C(O)C(F)(F)F. The summed E-state index contributed by atoms with van der Waals surface area (Å²) in [5.74, 6) is -1.85. The van der Waals surface area contributed by atoms with Gasteiger partial charge in [0.25, 0.3) is 5.92 Å². The summed E-state index contributed by atoms with van der Waals surface area (Å²) in [4.78, 5) is 8.90. The molecule has 1 atom stereocenters. The van der Waals surface area contributed by atoms with Crippen molar-refractivity contribution in [2.45, 2.75) is 61.9 Å². The quantitative estimate of drug-likeness (QED) is 0.320. The number of carbonyl (C=O) groups is 1. The molecule has 1 aliphatic heterocycles. The Hall–Kier alpha value is -3.38. The van der Waals surface area contributed by atoms with Gasteiger partial charge >= 0.3 is 12.1 Å². The molecule has 1 aliphatic carbocycles. The van der Waals surface area contributed by atoms with Gasteiger partial charge in [-0.05, 0) is 28.1 Å². The van der Waals surface area contributed by atoms with Gasteiger partial charge in [0.15, 0.2) is 11.5 Å². The summed E-state index contributed by atoms with van der Waals surface area (Å²) in [7, 11) is 1.53. The number of aliphatic carboxylic acids is 1. The second-order valence-electron chi connectivity index (χ2n) is 8.62. The van der Waals surface area contributed by atoms with Gasteiger partial charge in [0.05, 0.1) is 24.2 Å². The van der Waals surface area contributed by atoms with Gasteiger partial charge in [-0.25, -0.2) is 18.3 Å². The van der Waals surface area contributed by atoms with Crippen LogP contribution in [0.15, 0.2) is 28.4 Å². The van der Waals surface area contributed by atoms with E-state index in [4.69, 9.17) is 32.7 Å². The molecule has 2 heterocycles. The van der Waals surface area contributed by atoms with Crippen molar-refractivity contribution in [2.75, 3.05) is 13.7 Å². The molecule has 206 valence electrons. The summed E-state index contributed by atoms with van der Waals surface area (Å²) >= 11 is 6.33. The van der Waals surface area contributed by atoms with Crippen LogP contribution in [0.2, 0.25) is 5.02 Å². The van der Waals surface area contributed by atoms with E-state index < -0.39 is 35.8 Å². The zero-order valence-corrected chi connectivity index (χ0v) is 20.7. The van der Waals surface area contributed by atoms with E-state index in [1.807, 2.05) is 6.07 Å². The fraction of sp³-hybridized carbons (Fsp3) is 0.545. The molecule has 2 N–H and O–H groups in total. The lowest BCUT2D eigenvalue weighted by atomic mass is 9.88. The minimum Gasteiger partial charge on any atom is -0.495 e. The van der Waals surface area contributed by atoms with Crippen LogP contribution < -0.4 is 10.1 Å². The van der Waals surface area contributed by atoms with E-state index >= 15 is 0 Å². The van der Waals surface area contributed by atoms with Crippen LogP contribution in [0.3, 0.4) is 0 Å². The van der Waals surface area contributed by atoms with E-state index in [-0.39, 0.29) is 12.8 Å². The Morgan fingerprint density at radius 2 is 2.00 bits per heavy atom. The largest absolute Gasteiger partial charge is 0.495 e. The van der Waals surface area contributed by atoms with Crippen molar-refractivity contribution in [1.82, 2.24) is 25.5 Å². The molecular weight excluding hydrogens is 541 g/mol. The summed E-state index contributed by atoms with van der Waals surface area (Å²) in [6, 6.07) is 4.44. The molecule has 0 radical (unpaired) electrons. The predicted molar refractivity (Wildman–Crippen MR) is 123 cm³/mol. The zero-order valence-electron chi connectivity index (χ0n) is 19.9. The van der Waals surface area contributed by atoms with E-state index in [2.05, 4.69) is 37.0 Å². The predicted octanol–water partition coefficient (Wildman–Crippen LogP) is 4.58. The monoisotopic (exact) mass is 563 g/mol.